The molecular formula is C15H15F3N2O. The van der Waals surface area contributed by atoms with Gasteiger partial charge in [-0.2, -0.15) is 13.2 Å². The number of aromatic nitrogens is 1. The molecule has 2 atom stereocenters. The standard InChI is InChI=1S/C15H15F3N2O/c1-10(19)11-2-4-13(5-3-11)21-14(15(16,17)18)12-6-8-20-9-7-12/h2-10,14H,19H2,1H3. The number of alkyl halides is 3. The van der Waals surface area contributed by atoms with Gasteiger partial charge in [-0.25, -0.2) is 0 Å². The van der Waals surface area contributed by atoms with E-state index in [1.807, 2.05) is 0 Å². The van der Waals surface area contributed by atoms with Crippen LogP contribution in [0.3, 0.4) is 0 Å². The molecule has 0 saturated heterocycles. The third kappa shape index (κ3) is 3.95. The zero-order chi connectivity index (χ0) is 15.5. The lowest BCUT2D eigenvalue weighted by Gasteiger charge is -2.22. The van der Waals surface area contributed by atoms with Crippen LogP contribution >= 0.6 is 0 Å². The van der Waals surface area contributed by atoms with Crippen molar-refractivity contribution in [2.24, 2.45) is 5.73 Å². The van der Waals surface area contributed by atoms with E-state index in [-0.39, 0.29) is 17.4 Å². The van der Waals surface area contributed by atoms with E-state index in [1.54, 1.807) is 19.1 Å². The average Bonchev–Trinajstić information content (AvgIpc) is 2.45. The third-order valence-corrected chi connectivity index (χ3v) is 2.97. The molecule has 1 aromatic heterocycles. The monoisotopic (exact) mass is 296 g/mol. The Bertz CT molecular complexity index is 568. The second-order valence-electron chi connectivity index (χ2n) is 4.68. The van der Waals surface area contributed by atoms with Crippen LogP contribution in [0, 0.1) is 0 Å². The summed E-state index contributed by atoms with van der Waals surface area (Å²) in [5, 5.41) is 0. The number of rotatable bonds is 4. The molecule has 6 heteroatoms. The molecule has 0 aliphatic heterocycles. The lowest BCUT2D eigenvalue weighted by atomic mass is 10.1. The Morgan fingerprint density at radius 2 is 1.57 bits per heavy atom. The van der Waals surface area contributed by atoms with Gasteiger partial charge in [-0.15, -0.1) is 0 Å². The Morgan fingerprint density at radius 3 is 2.05 bits per heavy atom. The smallest absolute Gasteiger partial charge is 0.429 e. The molecule has 21 heavy (non-hydrogen) atoms. The Balaban J connectivity index is 2.24. The number of hydrogen-bond acceptors (Lipinski definition) is 3. The van der Waals surface area contributed by atoms with E-state index in [4.69, 9.17) is 10.5 Å². The summed E-state index contributed by atoms with van der Waals surface area (Å²) < 4.78 is 44.5. The van der Waals surface area contributed by atoms with Crippen LogP contribution in [-0.4, -0.2) is 11.2 Å². The van der Waals surface area contributed by atoms with Crippen LogP contribution in [0.1, 0.15) is 30.2 Å². The average molecular weight is 296 g/mol. The largest absolute Gasteiger partial charge is 0.476 e. The van der Waals surface area contributed by atoms with E-state index >= 15 is 0 Å². The van der Waals surface area contributed by atoms with Crippen molar-refractivity contribution in [3.63, 3.8) is 0 Å². The maximum absolute atomic E-state index is 13.1. The number of ether oxygens (including phenoxy) is 1. The van der Waals surface area contributed by atoms with E-state index < -0.39 is 12.3 Å². The molecule has 112 valence electrons. The van der Waals surface area contributed by atoms with Crippen LogP contribution in [0.25, 0.3) is 0 Å². The minimum absolute atomic E-state index is 0.00812. The quantitative estimate of drug-likeness (QED) is 0.934. The van der Waals surface area contributed by atoms with Crippen molar-refractivity contribution < 1.29 is 17.9 Å². The molecule has 3 nitrogen and oxygen atoms in total. The maximum Gasteiger partial charge on any atom is 0.429 e. The molecular weight excluding hydrogens is 281 g/mol. The van der Waals surface area contributed by atoms with Crippen molar-refractivity contribution in [3.05, 3.63) is 59.9 Å². The highest BCUT2D eigenvalue weighted by atomic mass is 19.4. The number of nitrogens with zero attached hydrogens (tertiary/aromatic N) is 1. The molecule has 0 saturated carbocycles. The number of hydrogen-bond donors (Lipinski definition) is 1. The molecule has 0 amide bonds. The highest BCUT2D eigenvalue weighted by Gasteiger charge is 2.43. The Hall–Kier alpha value is -2.08. The molecule has 1 heterocycles. The normalized spacial score (nSPS) is 14.5. The zero-order valence-corrected chi connectivity index (χ0v) is 11.3. The summed E-state index contributed by atoms with van der Waals surface area (Å²) in [6.45, 7) is 1.80. The number of halogens is 3. The minimum atomic E-state index is -4.51. The van der Waals surface area contributed by atoms with E-state index in [1.165, 1.54) is 36.7 Å². The van der Waals surface area contributed by atoms with Gasteiger partial charge in [-0.3, -0.25) is 4.98 Å². The summed E-state index contributed by atoms with van der Waals surface area (Å²) in [6.07, 6.45) is -3.93. The molecule has 1 aromatic carbocycles. The molecule has 2 unspecified atom stereocenters. The molecule has 0 aliphatic rings. The molecule has 2 rings (SSSR count). The van der Waals surface area contributed by atoms with E-state index in [2.05, 4.69) is 4.98 Å². The summed E-state index contributed by atoms with van der Waals surface area (Å²) in [4.78, 5) is 3.71. The van der Waals surface area contributed by atoms with Gasteiger partial charge in [0.1, 0.15) is 5.75 Å². The van der Waals surface area contributed by atoms with Gasteiger partial charge < -0.3 is 10.5 Å². The van der Waals surface area contributed by atoms with E-state index in [9.17, 15) is 13.2 Å². The predicted octanol–water partition coefficient (Wildman–Crippen LogP) is 3.78. The Kier molecular flexibility index (Phi) is 4.47. The summed E-state index contributed by atoms with van der Waals surface area (Å²) in [5.74, 6) is 0.138. The van der Waals surface area contributed by atoms with Crippen molar-refractivity contribution in [1.82, 2.24) is 4.98 Å². The summed E-state index contributed by atoms with van der Waals surface area (Å²) in [5.41, 5.74) is 6.53. The fourth-order valence-electron chi connectivity index (χ4n) is 1.85. The fourth-order valence-corrected chi connectivity index (χ4v) is 1.85. The van der Waals surface area contributed by atoms with Crippen LogP contribution < -0.4 is 10.5 Å². The van der Waals surface area contributed by atoms with Gasteiger partial charge in [0.25, 0.3) is 0 Å². The van der Waals surface area contributed by atoms with Gasteiger partial charge in [0, 0.05) is 24.0 Å². The Labute approximate surface area is 120 Å². The Morgan fingerprint density at radius 1 is 1.00 bits per heavy atom. The predicted molar refractivity (Wildman–Crippen MR) is 72.7 cm³/mol. The van der Waals surface area contributed by atoms with Gasteiger partial charge in [0.05, 0.1) is 0 Å². The first-order valence-electron chi connectivity index (χ1n) is 6.37. The van der Waals surface area contributed by atoms with Gasteiger partial charge in [0.2, 0.25) is 6.10 Å². The van der Waals surface area contributed by atoms with Crippen molar-refractivity contribution in [2.75, 3.05) is 0 Å². The van der Waals surface area contributed by atoms with Crippen LogP contribution in [0.5, 0.6) is 5.75 Å². The maximum atomic E-state index is 13.1. The van der Waals surface area contributed by atoms with Gasteiger partial charge >= 0.3 is 6.18 Å². The van der Waals surface area contributed by atoms with E-state index in [0.29, 0.717) is 0 Å². The SMILES string of the molecule is CC(N)c1ccc(OC(c2ccncc2)C(F)(F)F)cc1. The number of pyridine rings is 1. The second-order valence-corrected chi connectivity index (χ2v) is 4.68. The first-order chi connectivity index (χ1) is 9.88. The minimum Gasteiger partial charge on any atom is -0.476 e. The zero-order valence-electron chi connectivity index (χ0n) is 11.3. The lowest BCUT2D eigenvalue weighted by Crippen LogP contribution is -2.26. The first kappa shape index (κ1) is 15.3. The summed E-state index contributed by atoms with van der Waals surface area (Å²) in [7, 11) is 0. The number of nitrogens with two attached hydrogens (primary N) is 1. The highest BCUT2D eigenvalue weighted by Crippen LogP contribution is 2.36. The first-order valence-corrected chi connectivity index (χ1v) is 6.37. The third-order valence-electron chi connectivity index (χ3n) is 2.97. The van der Waals surface area contributed by atoms with Gasteiger partial charge in [0.15, 0.2) is 0 Å². The highest BCUT2D eigenvalue weighted by molar-refractivity contribution is 5.30. The van der Waals surface area contributed by atoms with Crippen molar-refractivity contribution in [3.8, 4) is 5.75 Å². The molecule has 0 radical (unpaired) electrons. The fraction of sp³-hybridized carbons (Fsp3) is 0.267. The molecule has 0 fully saturated rings. The van der Waals surface area contributed by atoms with Crippen LogP contribution in [0.2, 0.25) is 0 Å². The van der Waals surface area contributed by atoms with Crippen molar-refractivity contribution >= 4 is 0 Å². The molecule has 0 bridgehead atoms. The van der Waals surface area contributed by atoms with Crippen LogP contribution in [-0.2, 0) is 0 Å². The molecule has 2 aromatic rings. The van der Waals surface area contributed by atoms with Crippen molar-refractivity contribution in [1.29, 1.82) is 0 Å². The van der Waals surface area contributed by atoms with E-state index in [0.717, 1.165) is 5.56 Å². The summed E-state index contributed by atoms with van der Waals surface area (Å²) in [6, 6.07) is 8.66. The van der Waals surface area contributed by atoms with Crippen LogP contribution in [0.4, 0.5) is 13.2 Å². The number of benzene rings is 1. The molecule has 0 spiro atoms. The molecule has 0 aliphatic carbocycles. The van der Waals surface area contributed by atoms with Gasteiger partial charge in [-0.05, 0) is 36.8 Å². The second kappa shape index (κ2) is 6.13. The lowest BCUT2D eigenvalue weighted by molar-refractivity contribution is -0.198. The van der Waals surface area contributed by atoms with Crippen molar-refractivity contribution in [2.45, 2.75) is 25.2 Å². The van der Waals surface area contributed by atoms with Gasteiger partial charge in [-0.1, -0.05) is 12.1 Å². The summed E-state index contributed by atoms with van der Waals surface area (Å²) >= 11 is 0. The van der Waals surface area contributed by atoms with Crippen LogP contribution in [0.15, 0.2) is 48.8 Å². The molecule has 2 N–H and O–H groups in total. The topological polar surface area (TPSA) is 48.1 Å².